The van der Waals surface area contributed by atoms with Gasteiger partial charge in [0.1, 0.15) is 11.3 Å². The van der Waals surface area contributed by atoms with Crippen LogP contribution in [0.1, 0.15) is 22.1 Å². The third-order valence-corrected chi connectivity index (χ3v) is 2.33. The van der Waals surface area contributed by atoms with Gasteiger partial charge in [0.2, 0.25) is 5.89 Å². The van der Waals surface area contributed by atoms with Gasteiger partial charge in [0.25, 0.3) is 5.89 Å². The summed E-state index contributed by atoms with van der Waals surface area (Å²) in [7, 11) is 0. The number of aromatic nitrogens is 2. The number of nitrogens with zero attached hydrogens (tertiary/aromatic N) is 2. The highest BCUT2D eigenvalue weighted by molar-refractivity contribution is 6.31. The first kappa shape index (κ1) is 12.4. The van der Waals surface area contributed by atoms with Crippen LogP contribution in [0.15, 0.2) is 22.6 Å². The fourth-order valence-corrected chi connectivity index (χ4v) is 1.50. The zero-order valence-corrected chi connectivity index (χ0v) is 10.1. The average Bonchev–Trinajstić information content (AvgIpc) is 2.73. The summed E-state index contributed by atoms with van der Waals surface area (Å²) in [6, 6.07) is 4.34. The van der Waals surface area contributed by atoms with Gasteiger partial charge in [-0.1, -0.05) is 11.6 Å². The molecule has 0 radical (unpaired) electrons. The van der Waals surface area contributed by atoms with E-state index in [4.69, 9.17) is 25.9 Å². The molecule has 1 heterocycles. The first-order chi connectivity index (χ1) is 8.56. The van der Waals surface area contributed by atoms with Gasteiger partial charge in [-0.2, -0.15) is 0 Å². The summed E-state index contributed by atoms with van der Waals surface area (Å²) in [6.07, 6.45) is 0. The van der Waals surface area contributed by atoms with Crippen molar-refractivity contribution in [2.45, 2.75) is 13.5 Å². The Balaban J connectivity index is 2.16. The number of carbonyl (C=O) groups is 1. The fourth-order valence-electron chi connectivity index (χ4n) is 1.33. The Morgan fingerprint density at radius 1 is 1.50 bits per heavy atom. The van der Waals surface area contributed by atoms with Gasteiger partial charge < -0.3 is 14.3 Å². The minimum absolute atomic E-state index is 0.00273. The van der Waals surface area contributed by atoms with Crippen LogP contribution in [-0.4, -0.2) is 21.3 Å². The third-order valence-electron chi connectivity index (χ3n) is 2.09. The van der Waals surface area contributed by atoms with Gasteiger partial charge in [-0.15, -0.1) is 10.2 Å². The maximum absolute atomic E-state index is 11.0. The molecular weight excluding hydrogens is 260 g/mol. The second-order valence-electron chi connectivity index (χ2n) is 3.45. The highest BCUT2D eigenvalue weighted by Gasteiger charge is 2.13. The van der Waals surface area contributed by atoms with Crippen molar-refractivity contribution < 1.29 is 19.1 Å². The number of hydrogen-bond donors (Lipinski definition) is 1. The Morgan fingerprint density at radius 3 is 2.89 bits per heavy atom. The molecular formula is C11H9ClN2O4. The number of carboxylic acids is 1. The Bertz CT molecular complexity index is 582. The molecule has 0 aliphatic rings. The van der Waals surface area contributed by atoms with E-state index in [1.165, 1.54) is 12.1 Å². The van der Waals surface area contributed by atoms with E-state index in [9.17, 15) is 4.79 Å². The number of rotatable bonds is 4. The van der Waals surface area contributed by atoms with Crippen LogP contribution in [-0.2, 0) is 6.61 Å². The van der Waals surface area contributed by atoms with Gasteiger partial charge >= 0.3 is 5.97 Å². The quantitative estimate of drug-likeness (QED) is 0.916. The molecule has 0 bridgehead atoms. The van der Waals surface area contributed by atoms with E-state index < -0.39 is 5.97 Å². The summed E-state index contributed by atoms with van der Waals surface area (Å²) in [4.78, 5) is 11.0. The molecule has 2 aromatic rings. The normalized spacial score (nSPS) is 10.3. The first-order valence-electron chi connectivity index (χ1n) is 5.01. The van der Waals surface area contributed by atoms with Gasteiger partial charge in [0.15, 0.2) is 6.61 Å². The molecule has 94 valence electrons. The largest absolute Gasteiger partial charge is 0.483 e. The maximum Gasteiger partial charge on any atom is 0.339 e. The van der Waals surface area contributed by atoms with Crippen LogP contribution >= 0.6 is 11.6 Å². The molecule has 0 fully saturated rings. The fraction of sp³-hybridized carbons (Fsp3) is 0.182. The van der Waals surface area contributed by atoms with Crippen LogP contribution in [0.5, 0.6) is 5.75 Å². The van der Waals surface area contributed by atoms with Crippen molar-refractivity contribution in [1.82, 2.24) is 10.2 Å². The van der Waals surface area contributed by atoms with Gasteiger partial charge in [0.05, 0.1) is 0 Å². The number of aryl methyl sites for hydroxylation is 1. The molecule has 0 amide bonds. The number of ether oxygens (including phenoxy) is 1. The molecule has 7 heteroatoms. The summed E-state index contributed by atoms with van der Waals surface area (Å²) in [5.41, 5.74) is -0.0151. The average molecular weight is 269 g/mol. The zero-order valence-electron chi connectivity index (χ0n) is 9.38. The summed E-state index contributed by atoms with van der Waals surface area (Å²) in [5.74, 6) is -0.223. The van der Waals surface area contributed by atoms with E-state index in [0.717, 1.165) is 0 Å². The number of benzene rings is 1. The predicted molar refractivity (Wildman–Crippen MR) is 61.8 cm³/mol. The van der Waals surface area contributed by atoms with Crippen molar-refractivity contribution in [1.29, 1.82) is 0 Å². The summed E-state index contributed by atoms with van der Waals surface area (Å²) >= 11 is 5.72. The summed E-state index contributed by atoms with van der Waals surface area (Å²) in [6.45, 7) is 1.66. The number of aromatic carboxylic acids is 1. The Morgan fingerprint density at radius 2 is 2.28 bits per heavy atom. The van der Waals surface area contributed by atoms with Crippen molar-refractivity contribution in [3.63, 3.8) is 0 Å². The second-order valence-corrected chi connectivity index (χ2v) is 3.89. The van der Waals surface area contributed by atoms with E-state index in [0.29, 0.717) is 10.9 Å². The van der Waals surface area contributed by atoms with Gasteiger partial charge in [-0.25, -0.2) is 4.79 Å². The van der Waals surface area contributed by atoms with Crippen LogP contribution in [0, 0.1) is 6.92 Å². The van der Waals surface area contributed by atoms with Crippen LogP contribution in [0.3, 0.4) is 0 Å². The lowest BCUT2D eigenvalue weighted by atomic mass is 10.2. The predicted octanol–water partition coefficient (Wildman–Crippen LogP) is 2.31. The van der Waals surface area contributed by atoms with Crippen molar-refractivity contribution >= 4 is 17.6 Å². The Labute approximate surface area is 107 Å². The molecule has 0 aliphatic carbocycles. The lowest BCUT2D eigenvalue weighted by Crippen LogP contribution is -2.03. The van der Waals surface area contributed by atoms with Crippen molar-refractivity contribution in [3.05, 3.63) is 40.6 Å². The molecule has 18 heavy (non-hydrogen) atoms. The van der Waals surface area contributed by atoms with Gasteiger partial charge in [-0.05, 0) is 18.2 Å². The number of carboxylic acid groups (broad SMARTS) is 1. The molecule has 0 spiro atoms. The Kier molecular flexibility index (Phi) is 3.47. The lowest BCUT2D eigenvalue weighted by molar-refractivity contribution is 0.0691. The molecule has 0 aliphatic heterocycles. The van der Waals surface area contributed by atoms with Crippen LogP contribution < -0.4 is 4.74 Å². The minimum Gasteiger partial charge on any atom is -0.483 e. The highest BCUT2D eigenvalue weighted by atomic mass is 35.5. The molecule has 0 unspecified atom stereocenters. The monoisotopic (exact) mass is 268 g/mol. The molecule has 1 aromatic carbocycles. The van der Waals surface area contributed by atoms with E-state index in [-0.39, 0.29) is 23.8 Å². The third kappa shape index (κ3) is 2.78. The van der Waals surface area contributed by atoms with Crippen LogP contribution in [0.4, 0.5) is 0 Å². The lowest BCUT2D eigenvalue weighted by Gasteiger charge is -2.07. The van der Waals surface area contributed by atoms with Crippen LogP contribution in [0.25, 0.3) is 0 Å². The molecule has 0 atom stereocenters. The number of halogens is 1. The first-order valence-corrected chi connectivity index (χ1v) is 5.38. The zero-order chi connectivity index (χ0) is 13.1. The Hall–Kier alpha value is -2.08. The maximum atomic E-state index is 11.0. The van der Waals surface area contributed by atoms with E-state index in [2.05, 4.69) is 10.2 Å². The van der Waals surface area contributed by atoms with E-state index >= 15 is 0 Å². The van der Waals surface area contributed by atoms with Gasteiger partial charge in [-0.3, -0.25) is 0 Å². The topological polar surface area (TPSA) is 85.5 Å². The van der Waals surface area contributed by atoms with E-state index in [1.807, 2.05) is 0 Å². The summed E-state index contributed by atoms with van der Waals surface area (Å²) < 4.78 is 10.4. The molecule has 1 aromatic heterocycles. The standard InChI is InChI=1S/C11H9ClN2O4/c1-6-13-14-10(18-6)5-17-9-3-2-7(12)4-8(9)11(15)16/h2-4H,5H2,1H3,(H,15,16). The van der Waals surface area contributed by atoms with E-state index in [1.54, 1.807) is 13.0 Å². The second kappa shape index (κ2) is 5.05. The number of hydrogen-bond acceptors (Lipinski definition) is 5. The van der Waals surface area contributed by atoms with Gasteiger partial charge in [0, 0.05) is 11.9 Å². The SMILES string of the molecule is Cc1nnc(COc2ccc(Cl)cc2C(=O)O)o1. The highest BCUT2D eigenvalue weighted by Crippen LogP contribution is 2.23. The van der Waals surface area contributed by atoms with Crippen molar-refractivity contribution in [2.75, 3.05) is 0 Å². The minimum atomic E-state index is -1.12. The molecule has 1 N–H and O–H groups in total. The summed E-state index contributed by atoms with van der Waals surface area (Å²) in [5, 5.41) is 16.7. The molecule has 0 saturated heterocycles. The molecule has 2 rings (SSSR count). The van der Waals surface area contributed by atoms with Crippen LogP contribution in [0.2, 0.25) is 5.02 Å². The van der Waals surface area contributed by atoms with Crippen molar-refractivity contribution in [2.24, 2.45) is 0 Å². The molecule has 0 saturated carbocycles. The van der Waals surface area contributed by atoms with Crippen molar-refractivity contribution in [3.8, 4) is 5.75 Å². The smallest absolute Gasteiger partial charge is 0.339 e. The molecule has 6 nitrogen and oxygen atoms in total.